The van der Waals surface area contributed by atoms with Crippen LogP contribution in [0.3, 0.4) is 0 Å². The van der Waals surface area contributed by atoms with Crippen LogP contribution >= 0.6 is 23.5 Å². The summed E-state index contributed by atoms with van der Waals surface area (Å²) >= 11 is 1.61. The molecule has 0 saturated carbocycles. The summed E-state index contributed by atoms with van der Waals surface area (Å²) in [5.41, 5.74) is 17.0. The van der Waals surface area contributed by atoms with Gasteiger partial charge in [-0.1, -0.05) is 59.7 Å². The molecule has 2 aromatic heterocycles. The van der Waals surface area contributed by atoms with Gasteiger partial charge < -0.3 is 27.5 Å². The Bertz CT molecular complexity index is 1850. The quantitative estimate of drug-likeness (QED) is 0.0423. The van der Waals surface area contributed by atoms with Crippen molar-refractivity contribution < 1.29 is 13.2 Å². The molecule has 1 atom stereocenters. The fourth-order valence-corrected chi connectivity index (χ4v) is 6.44. The highest BCUT2D eigenvalue weighted by molar-refractivity contribution is 8.00. The molecular formula is C38H55F3N8OS2. The molecule has 2 heterocycles. The van der Waals surface area contributed by atoms with Crippen molar-refractivity contribution in [1.82, 2.24) is 19.9 Å². The summed E-state index contributed by atoms with van der Waals surface area (Å²) in [5, 5.41) is 4.36. The lowest BCUT2D eigenvalue weighted by atomic mass is 9.86. The SMILES string of the molecule is CC(C)(CN)SCc1cc(SC(F)(F)F)cc(C(C)(C)C)c1.C[C@H](NCCCN=C(N)N)c1ccc(-n2cc3cc(C(C)(C)C)[nH]c3nc2=O)cc1. The van der Waals surface area contributed by atoms with E-state index in [1.54, 1.807) is 28.5 Å². The third kappa shape index (κ3) is 13.5. The lowest BCUT2D eigenvalue weighted by Crippen LogP contribution is -2.26. The van der Waals surface area contributed by atoms with Gasteiger partial charge in [0, 0.05) is 57.2 Å². The minimum atomic E-state index is -4.27. The summed E-state index contributed by atoms with van der Waals surface area (Å²) in [6.07, 6.45) is 2.70. The van der Waals surface area contributed by atoms with Gasteiger partial charge in [0.05, 0.1) is 5.69 Å². The van der Waals surface area contributed by atoms with Crippen molar-refractivity contribution in [3.63, 3.8) is 0 Å². The molecule has 9 nitrogen and oxygen atoms in total. The van der Waals surface area contributed by atoms with E-state index in [0.717, 1.165) is 46.4 Å². The second-order valence-corrected chi connectivity index (χ2v) is 18.3. The number of nitrogens with two attached hydrogens (primary N) is 3. The van der Waals surface area contributed by atoms with Crippen LogP contribution < -0.4 is 28.2 Å². The molecule has 8 N–H and O–H groups in total. The van der Waals surface area contributed by atoms with Crippen LogP contribution in [0.5, 0.6) is 0 Å². The maximum atomic E-state index is 12.7. The van der Waals surface area contributed by atoms with Crippen LogP contribution in [0.4, 0.5) is 13.2 Å². The lowest BCUT2D eigenvalue weighted by Gasteiger charge is -2.24. The maximum Gasteiger partial charge on any atom is 0.446 e. The van der Waals surface area contributed by atoms with Crippen molar-refractivity contribution in [1.29, 1.82) is 0 Å². The van der Waals surface area contributed by atoms with Crippen molar-refractivity contribution in [3.8, 4) is 5.69 Å². The first-order valence-electron chi connectivity index (χ1n) is 17.2. The number of hydrogen-bond donors (Lipinski definition) is 5. The highest BCUT2D eigenvalue weighted by Crippen LogP contribution is 2.40. The van der Waals surface area contributed by atoms with Crippen LogP contribution in [-0.2, 0) is 16.6 Å². The second kappa shape index (κ2) is 17.6. The molecule has 0 aliphatic rings. The minimum absolute atomic E-state index is 0.0390. The Balaban J connectivity index is 0.000000295. The average Bonchev–Trinajstić information content (AvgIpc) is 3.46. The Morgan fingerprint density at radius 1 is 0.981 bits per heavy atom. The van der Waals surface area contributed by atoms with Crippen LogP contribution in [0.15, 0.2) is 69.4 Å². The molecule has 0 spiro atoms. The zero-order valence-electron chi connectivity index (χ0n) is 31.7. The first-order valence-corrected chi connectivity index (χ1v) is 19.0. The number of fused-ring (bicyclic) bond motifs is 1. The molecule has 0 aliphatic heterocycles. The number of aromatic nitrogens is 3. The third-order valence-electron chi connectivity index (χ3n) is 8.25. The van der Waals surface area contributed by atoms with Gasteiger partial charge in [-0.25, -0.2) is 4.79 Å². The van der Waals surface area contributed by atoms with Gasteiger partial charge >= 0.3 is 11.2 Å². The van der Waals surface area contributed by atoms with E-state index in [9.17, 15) is 18.0 Å². The molecule has 14 heteroatoms. The molecule has 0 amide bonds. The van der Waals surface area contributed by atoms with Crippen LogP contribution in [0.1, 0.15) is 97.2 Å². The van der Waals surface area contributed by atoms with E-state index in [0.29, 0.717) is 24.5 Å². The Hall–Kier alpha value is -3.46. The van der Waals surface area contributed by atoms with Crippen LogP contribution in [0, 0.1) is 0 Å². The van der Waals surface area contributed by atoms with E-state index in [2.05, 4.69) is 54.0 Å². The van der Waals surface area contributed by atoms with Gasteiger partial charge in [-0.3, -0.25) is 9.56 Å². The highest BCUT2D eigenvalue weighted by Gasteiger charge is 2.30. The van der Waals surface area contributed by atoms with Crippen molar-refractivity contribution in [2.24, 2.45) is 22.2 Å². The Labute approximate surface area is 314 Å². The number of benzene rings is 2. The van der Waals surface area contributed by atoms with Crippen LogP contribution in [0.2, 0.25) is 0 Å². The summed E-state index contributed by atoms with van der Waals surface area (Å²) in [5.74, 6) is 0.773. The van der Waals surface area contributed by atoms with Crippen LogP contribution in [-0.4, -0.2) is 50.4 Å². The number of thioether (sulfide) groups is 2. The summed E-state index contributed by atoms with van der Waals surface area (Å²) < 4.78 is 39.5. The number of H-pyrrole nitrogens is 1. The predicted molar refractivity (Wildman–Crippen MR) is 214 cm³/mol. The van der Waals surface area contributed by atoms with Crippen LogP contribution in [0.25, 0.3) is 16.7 Å². The highest BCUT2D eigenvalue weighted by atomic mass is 32.2. The van der Waals surface area contributed by atoms with Gasteiger partial charge in [0.25, 0.3) is 0 Å². The molecule has 0 saturated heterocycles. The summed E-state index contributed by atoms with van der Waals surface area (Å²) in [4.78, 5) is 24.3. The van der Waals surface area contributed by atoms with E-state index in [4.69, 9.17) is 17.2 Å². The van der Waals surface area contributed by atoms with E-state index >= 15 is 0 Å². The first kappa shape index (κ1) is 42.9. The number of halogens is 3. The number of nitrogens with zero attached hydrogens (tertiary/aromatic N) is 3. The summed E-state index contributed by atoms with van der Waals surface area (Å²) in [7, 11) is 0. The van der Waals surface area contributed by atoms with E-state index in [-0.39, 0.29) is 49.9 Å². The zero-order chi connectivity index (χ0) is 39.1. The molecule has 0 bridgehead atoms. The van der Waals surface area contributed by atoms with Gasteiger partial charge in [-0.15, -0.1) is 11.8 Å². The molecule has 0 radical (unpaired) electrons. The largest absolute Gasteiger partial charge is 0.446 e. The van der Waals surface area contributed by atoms with Gasteiger partial charge in [0.15, 0.2) is 5.96 Å². The first-order chi connectivity index (χ1) is 24.0. The second-order valence-electron chi connectivity index (χ2n) is 15.5. The molecule has 52 heavy (non-hydrogen) atoms. The predicted octanol–water partition coefficient (Wildman–Crippen LogP) is 7.89. The van der Waals surface area contributed by atoms with Crippen molar-refractivity contribution >= 4 is 40.5 Å². The zero-order valence-corrected chi connectivity index (χ0v) is 33.4. The lowest BCUT2D eigenvalue weighted by molar-refractivity contribution is -0.0328. The molecule has 0 unspecified atom stereocenters. The molecule has 0 aliphatic carbocycles. The number of alkyl halides is 3. The number of hydrogen-bond acceptors (Lipinski definition) is 7. The fourth-order valence-electron chi connectivity index (χ4n) is 4.94. The maximum absolute atomic E-state index is 12.7. The summed E-state index contributed by atoms with van der Waals surface area (Å²) in [6, 6.07) is 15.4. The normalized spacial score (nSPS) is 13.1. The minimum Gasteiger partial charge on any atom is -0.370 e. The number of rotatable bonds is 12. The standard InChI is InChI=1S/C22H31N7O.C16H24F3NS2/c1-14(25-10-5-11-26-20(23)24)15-6-8-17(9-7-15)29-13-16-12-18(22(2,3)4)27-19(16)28-21(29)30;1-14(2,3)12-6-11(9-21-15(4,5)10-20)7-13(8-12)22-16(17,18)19/h6-9,12-14,25H,5,10-11H2,1-4H3,(H4,23,24,26)(H,27,28,30);6-8H,9-10,20H2,1-5H3/t14-;/m0./s1. The van der Waals surface area contributed by atoms with Gasteiger partial charge in [0.2, 0.25) is 0 Å². The number of guanidine groups is 1. The summed E-state index contributed by atoms with van der Waals surface area (Å²) in [6.45, 7) is 20.5. The van der Waals surface area contributed by atoms with Gasteiger partial charge in [-0.05, 0) is 97.9 Å². The van der Waals surface area contributed by atoms with Crippen molar-refractivity contribution in [2.45, 2.75) is 107 Å². The van der Waals surface area contributed by atoms with E-state index in [1.807, 2.05) is 71.1 Å². The van der Waals surface area contributed by atoms with E-state index in [1.165, 1.54) is 0 Å². The Kier molecular flexibility index (Phi) is 14.5. The average molecular weight is 761 g/mol. The molecule has 286 valence electrons. The fraction of sp³-hybridized carbons (Fsp3) is 0.500. The topological polar surface area (TPSA) is 153 Å². The van der Waals surface area contributed by atoms with E-state index < -0.39 is 5.51 Å². The van der Waals surface area contributed by atoms with Crippen molar-refractivity contribution in [3.05, 3.63) is 87.6 Å². The third-order valence-corrected chi connectivity index (χ3v) is 10.4. The smallest absolute Gasteiger partial charge is 0.370 e. The van der Waals surface area contributed by atoms with Gasteiger partial charge in [0.1, 0.15) is 5.65 Å². The molecule has 0 fully saturated rings. The number of aliphatic imine (C=N–C) groups is 1. The van der Waals surface area contributed by atoms with Gasteiger partial charge in [-0.2, -0.15) is 18.2 Å². The molecule has 4 aromatic rings. The Morgan fingerprint density at radius 2 is 1.63 bits per heavy atom. The number of aromatic amines is 1. The molecule has 2 aromatic carbocycles. The molecular weight excluding hydrogens is 706 g/mol. The van der Waals surface area contributed by atoms with Crippen molar-refractivity contribution in [2.75, 3.05) is 19.6 Å². The molecule has 4 rings (SSSR count). The monoisotopic (exact) mass is 760 g/mol. The Morgan fingerprint density at radius 3 is 2.19 bits per heavy atom. The number of nitrogens with one attached hydrogen (secondary N) is 2.